The number of aromatic nitrogens is 2. The van der Waals surface area contributed by atoms with Gasteiger partial charge in [-0.25, -0.2) is 9.97 Å². The number of aliphatic hydroxyl groups excluding tert-OH is 1. The lowest BCUT2D eigenvalue weighted by Gasteiger charge is -2.15. The van der Waals surface area contributed by atoms with E-state index >= 15 is 0 Å². The molecule has 0 aliphatic rings. The molecule has 0 bridgehead atoms. The Balaban J connectivity index is 2.22. The first kappa shape index (κ1) is 15.3. The summed E-state index contributed by atoms with van der Waals surface area (Å²) in [5, 5.41) is 15.3. The van der Waals surface area contributed by atoms with Gasteiger partial charge < -0.3 is 15.7 Å². The predicted molar refractivity (Wildman–Crippen MR) is 86.4 cm³/mol. The molecule has 5 nitrogen and oxygen atoms in total. The third kappa shape index (κ3) is 4.43. The second kappa shape index (κ2) is 7.59. The summed E-state index contributed by atoms with van der Waals surface area (Å²) in [6.07, 6.45) is 1.68. The topological polar surface area (TPSA) is 70.1 Å². The van der Waals surface area contributed by atoms with E-state index in [0.29, 0.717) is 5.82 Å². The van der Waals surface area contributed by atoms with Gasteiger partial charge >= 0.3 is 0 Å². The Bertz CT molecular complexity index is 559. The highest BCUT2D eigenvalue weighted by molar-refractivity contribution is 5.61. The quantitative estimate of drug-likeness (QED) is 0.730. The molecule has 0 aliphatic heterocycles. The number of nitrogens with zero attached hydrogens (tertiary/aromatic N) is 2. The van der Waals surface area contributed by atoms with E-state index < -0.39 is 0 Å². The molecule has 0 fully saturated rings. The molecule has 5 heteroatoms. The van der Waals surface area contributed by atoms with Gasteiger partial charge in [-0.1, -0.05) is 30.3 Å². The van der Waals surface area contributed by atoms with Crippen LogP contribution in [0.1, 0.15) is 19.8 Å². The maximum Gasteiger partial charge on any atom is 0.163 e. The summed E-state index contributed by atoms with van der Waals surface area (Å²) in [6.45, 7) is 2.30. The third-order valence-electron chi connectivity index (χ3n) is 3.20. The summed E-state index contributed by atoms with van der Waals surface area (Å²) in [6, 6.07) is 12.1. The van der Waals surface area contributed by atoms with Crippen molar-refractivity contribution in [3.8, 4) is 11.4 Å². The van der Waals surface area contributed by atoms with E-state index in [1.165, 1.54) is 0 Å². The molecule has 0 radical (unpaired) electrons. The maximum atomic E-state index is 8.89. The summed E-state index contributed by atoms with van der Waals surface area (Å²) in [5.74, 6) is 2.26. The van der Waals surface area contributed by atoms with E-state index in [9.17, 15) is 0 Å². The molecule has 21 heavy (non-hydrogen) atoms. The molecule has 0 saturated carbocycles. The normalized spacial score (nSPS) is 12.0. The lowest BCUT2D eigenvalue weighted by molar-refractivity contribution is 0.282. The molecule has 1 heterocycles. The Labute approximate surface area is 125 Å². The van der Waals surface area contributed by atoms with Crippen LogP contribution in [0.3, 0.4) is 0 Å². The monoisotopic (exact) mass is 286 g/mol. The van der Waals surface area contributed by atoms with Crippen molar-refractivity contribution in [2.45, 2.75) is 25.8 Å². The maximum absolute atomic E-state index is 8.89. The number of benzene rings is 1. The summed E-state index contributed by atoms with van der Waals surface area (Å²) in [4.78, 5) is 9.06. The largest absolute Gasteiger partial charge is 0.396 e. The van der Waals surface area contributed by atoms with Crippen LogP contribution in [0.25, 0.3) is 11.4 Å². The fourth-order valence-corrected chi connectivity index (χ4v) is 2.09. The molecule has 1 aromatic heterocycles. The first-order chi connectivity index (χ1) is 10.2. The zero-order valence-electron chi connectivity index (χ0n) is 12.5. The summed E-state index contributed by atoms with van der Waals surface area (Å²) in [5.41, 5.74) is 0.987. The van der Waals surface area contributed by atoms with Crippen LogP contribution in [0, 0.1) is 0 Å². The van der Waals surface area contributed by atoms with E-state index in [-0.39, 0.29) is 12.6 Å². The Kier molecular flexibility index (Phi) is 5.51. The molecule has 2 rings (SSSR count). The highest BCUT2D eigenvalue weighted by Gasteiger charge is 2.08. The van der Waals surface area contributed by atoms with Gasteiger partial charge in [0.1, 0.15) is 11.6 Å². The van der Waals surface area contributed by atoms with Gasteiger partial charge in [0.2, 0.25) is 0 Å². The summed E-state index contributed by atoms with van der Waals surface area (Å²) >= 11 is 0. The fourth-order valence-electron chi connectivity index (χ4n) is 2.09. The second-order valence-corrected chi connectivity index (χ2v) is 4.99. The van der Waals surface area contributed by atoms with Crippen molar-refractivity contribution < 1.29 is 5.11 Å². The van der Waals surface area contributed by atoms with Gasteiger partial charge in [-0.05, 0) is 19.8 Å². The minimum atomic E-state index is 0.215. The number of hydrogen-bond acceptors (Lipinski definition) is 5. The summed E-state index contributed by atoms with van der Waals surface area (Å²) in [7, 11) is 1.84. The van der Waals surface area contributed by atoms with Crippen molar-refractivity contribution in [1.82, 2.24) is 9.97 Å². The molecule has 1 unspecified atom stereocenters. The smallest absolute Gasteiger partial charge is 0.163 e. The van der Waals surface area contributed by atoms with Crippen LogP contribution in [0.5, 0.6) is 0 Å². The van der Waals surface area contributed by atoms with Crippen LogP contribution >= 0.6 is 0 Å². The van der Waals surface area contributed by atoms with Crippen molar-refractivity contribution >= 4 is 11.6 Å². The Morgan fingerprint density at radius 2 is 1.86 bits per heavy atom. The van der Waals surface area contributed by atoms with Gasteiger partial charge in [-0.2, -0.15) is 0 Å². The number of rotatable bonds is 7. The molecule has 0 aliphatic carbocycles. The first-order valence-corrected chi connectivity index (χ1v) is 7.22. The van der Waals surface area contributed by atoms with Gasteiger partial charge in [0.15, 0.2) is 5.82 Å². The molecule has 112 valence electrons. The van der Waals surface area contributed by atoms with E-state index in [4.69, 9.17) is 5.11 Å². The molecular formula is C16H22N4O. The van der Waals surface area contributed by atoms with Crippen LogP contribution in [-0.2, 0) is 0 Å². The second-order valence-electron chi connectivity index (χ2n) is 4.99. The van der Waals surface area contributed by atoms with Crippen molar-refractivity contribution in [2.75, 3.05) is 24.3 Å². The number of hydrogen-bond donors (Lipinski definition) is 3. The lowest BCUT2D eigenvalue weighted by atomic mass is 10.2. The van der Waals surface area contributed by atoms with Gasteiger partial charge in [-0.3, -0.25) is 0 Å². The van der Waals surface area contributed by atoms with E-state index in [0.717, 1.165) is 30.0 Å². The molecule has 2 aromatic rings. The molecule has 3 N–H and O–H groups in total. The van der Waals surface area contributed by atoms with Crippen LogP contribution in [-0.4, -0.2) is 34.8 Å². The van der Waals surface area contributed by atoms with Crippen molar-refractivity contribution in [1.29, 1.82) is 0 Å². The zero-order chi connectivity index (χ0) is 15.1. The van der Waals surface area contributed by atoms with Crippen molar-refractivity contribution in [3.05, 3.63) is 36.4 Å². The van der Waals surface area contributed by atoms with E-state index in [1.807, 2.05) is 43.4 Å². The Hall–Kier alpha value is -2.14. The molecule has 0 spiro atoms. The van der Waals surface area contributed by atoms with Crippen LogP contribution < -0.4 is 10.6 Å². The van der Waals surface area contributed by atoms with E-state index in [1.54, 1.807) is 0 Å². The number of nitrogens with one attached hydrogen (secondary N) is 2. The SMILES string of the molecule is CNc1cc(NC(C)CCCO)nc(-c2ccccc2)n1. The van der Waals surface area contributed by atoms with Crippen LogP contribution in [0.15, 0.2) is 36.4 Å². The average molecular weight is 286 g/mol. The van der Waals surface area contributed by atoms with Gasteiger partial charge in [0.25, 0.3) is 0 Å². The van der Waals surface area contributed by atoms with Crippen LogP contribution in [0.2, 0.25) is 0 Å². The standard InChI is InChI=1S/C16H22N4O/c1-12(7-6-10-21)18-15-11-14(17-2)19-16(20-15)13-8-4-3-5-9-13/h3-5,8-9,11-12,21H,6-7,10H2,1-2H3,(H2,17,18,19,20). The van der Waals surface area contributed by atoms with Gasteiger partial charge in [-0.15, -0.1) is 0 Å². The van der Waals surface area contributed by atoms with Gasteiger partial charge in [0, 0.05) is 31.3 Å². The first-order valence-electron chi connectivity index (χ1n) is 7.22. The fraction of sp³-hybridized carbons (Fsp3) is 0.375. The molecule has 1 atom stereocenters. The van der Waals surface area contributed by atoms with E-state index in [2.05, 4.69) is 27.5 Å². The highest BCUT2D eigenvalue weighted by atomic mass is 16.2. The third-order valence-corrected chi connectivity index (χ3v) is 3.20. The summed E-state index contributed by atoms with van der Waals surface area (Å²) < 4.78 is 0. The minimum Gasteiger partial charge on any atom is -0.396 e. The molecule has 1 aromatic carbocycles. The average Bonchev–Trinajstić information content (AvgIpc) is 2.53. The van der Waals surface area contributed by atoms with Crippen LogP contribution in [0.4, 0.5) is 11.6 Å². The van der Waals surface area contributed by atoms with Gasteiger partial charge in [0.05, 0.1) is 0 Å². The lowest BCUT2D eigenvalue weighted by Crippen LogP contribution is -2.17. The number of anilines is 2. The zero-order valence-corrected chi connectivity index (χ0v) is 12.5. The Morgan fingerprint density at radius 1 is 1.14 bits per heavy atom. The highest BCUT2D eigenvalue weighted by Crippen LogP contribution is 2.20. The molecular weight excluding hydrogens is 264 g/mol. The molecule has 0 saturated heterocycles. The minimum absolute atomic E-state index is 0.215. The number of aliphatic hydroxyl groups is 1. The predicted octanol–water partition coefficient (Wildman–Crippen LogP) is 2.76. The van der Waals surface area contributed by atoms with Crippen molar-refractivity contribution in [3.63, 3.8) is 0 Å². The Morgan fingerprint density at radius 3 is 2.52 bits per heavy atom. The molecule has 0 amide bonds. The van der Waals surface area contributed by atoms with Crippen molar-refractivity contribution in [2.24, 2.45) is 0 Å².